The fourth-order valence-corrected chi connectivity index (χ4v) is 1.32. The normalized spacial score (nSPS) is 9.17. The summed E-state index contributed by atoms with van der Waals surface area (Å²) in [6.45, 7) is 0. The van der Waals surface area contributed by atoms with E-state index in [0.717, 1.165) is 0 Å². The average Bonchev–Trinajstić information content (AvgIpc) is 2.38. The lowest BCUT2D eigenvalue weighted by Gasteiger charge is -2.09. The van der Waals surface area contributed by atoms with E-state index in [1.54, 1.807) is 6.07 Å². The third-order valence-corrected chi connectivity index (χ3v) is 2.13. The second-order valence-corrected chi connectivity index (χ2v) is 3.29. The molecule has 0 spiro atoms. The molecule has 1 rings (SSSR count). The van der Waals surface area contributed by atoms with E-state index in [9.17, 15) is 9.59 Å². The molecular weight excluding hydrogens is 236 g/mol. The molecule has 0 aliphatic carbocycles. The van der Waals surface area contributed by atoms with E-state index in [4.69, 9.17) is 10.00 Å². The molecule has 0 aromatic heterocycles. The largest absolute Gasteiger partial charge is 0.496 e. The maximum Gasteiger partial charge on any atom is 0.341 e. The Kier molecular flexibility index (Phi) is 4.69. The Morgan fingerprint density at radius 3 is 2.67 bits per heavy atom. The lowest BCUT2D eigenvalue weighted by Crippen LogP contribution is -2.11. The predicted molar refractivity (Wildman–Crippen MR) is 63.2 cm³/mol. The first-order valence-electron chi connectivity index (χ1n) is 5.05. The van der Waals surface area contributed by atoms with E-state index < -0.39 is 11.9 Å². The number of methoxy groups -OCH3 is 2. The molecule has 0 bridgehead atoms. The summed E-state index contributed by atoms with van der Waals surface area (Å²) in [6.07, 6.45) is -0.235. The maximum absolute atomic E-state index is 11.4. The number of amides is 1. The van der Waals surface area contributed by atoms with E-state index in [-0.39, 0.29) is 17.7 Å². The van der Waals surface area contributed by atoms with E-state index in [1.807, 2.05) is 0 Å². The number of hydrogen-bond acceptors (Lipinski definition) is 5. The van der Waals surface area contributed by atoms with Gasteiger partial charge in [0.1, 0.15) is 17.7 Å². The Bertz CT molecular complexity index is 505. The number of nitrogens with one attached hydrogen (secondary N) is 1. The predicted octanol–water partition coefficient (Wildman–Crippen LogP) is 1.33. The van der Waals surface area contributed by atoms with Gasteiger partial charge in [-0.15, -0.1) is 0 Å². The molecule has 0 saturated heterocycles. The molecule has 94 valence electrons. The van der Waals surface area contributed by atoms with Gasteiger partial charge < -0.3 is 14.8 Å². The van der Waals surface area contributed by atoms with Gasteiger partial charge in [0.05, 0.1) is 20.3 Å². The van der Waals surface area contributed by atoms with Crippen molar-refractivity contribution in [3.05, 3.63) is 23.8 Å². The molecule has 0 fully saturated rings. The number of rotatable bonds is 4. The third kappa shape index (κ3) is 3.22. The Morgan fingerprint density at radius 1 is 1.39 bits per heavy atom. The second kappa shape index (κ2) is 6.25. The van der Waals surface area contributed by atoms with Gasteiger partial charge in [-0.3, -0.25) is 4.79 Å². The highest BCUT2D eigenvalue weighted by atomic mass is 16.5. The number of nitriles is 1. The first-order valence-corrected chi connectivity index (χ1v) is 5.05. The minimum absolute atomic E-state index is 0.235. The molecule has 0 radical (unpaired) electrons. The van der Waals surface area contributed by atoms with Gasteiger partial charge in [-0.05, 0) is 12.1 Å². The van der Waals surface area contributed by atoms with Gasteiger partial charge in [0.15, 0.2) is 0 Å². The molecule has 0 unspecified atom stereocenters. The zero-order chi connectivity index (χ0) is 13.5. The van der Waals surface area contributed by atoms with E-state index in [1.165, 1.54) is 32.4 Å². The molecular formula is C12H12N2O4. The van der Waals surface area contributed by atoms with Crippen molar-refractivity contribution in [3.63, 3.8) is 0 Å². The molecule has 1 N–H and O–H groups in total. The number of esters is 1. The van der Waals surface area contributed by atoms with Crippen molar-refractivity contribution in [1.82, 2.24) is 0 Å². The van der Waals surface area contributed by atoms with Crippen LogP contribution in [0.5, 0.6) is 5.75 Å². The van der Waals surface area contributed by atoms with Crippen LogP contribution in [0.1, 0.15) is 16.8 Å². The lowest BCUT2D eigenvalue weighted by molar-refractivity contribution is -0.115. The van der Waals surface area contributed by atoms with Crippen LogP contribution in [0.4, 0.5) is 5.69 Å². The summed E-state index contributed by atoms with van der Waals surface area (Å²) in [5.41, 5.74) is 0.707. The average molecular weight is 248 g/mol. The summed E-state index contributed by atoms with van der Waals surface area (Å²) in [7, 11) is 2.67. The number of ether oxygens (including phenoxy) is 2. The molecule has 0 saturated carbocycles. The van der Waals surface area contributed by atoms with Crippen molar-refractivity contribution in [2.45, 2.75) is 6.42 Å². The summed E-state index contributed by atoms with van der Waals surface area (Å²) in [4.78, 5) is 22.6. The van der Waals surface area contributed by atoms with Crippen molar-refractivity contribution in [3.8, 4) is 11.8 Å². The molecule has 0 heterocycles. The highest BCUT2D eigenvalue weighted by molar-refractivity contribution is 5.95. The SMILES string of the molecule is COC(=O)c1ccc(NC(=O)CC#N)cc1OC. The number of carbonyl (C=O) groups is 2. The highest BCUT2D eigenvalue weighted by Crippen LogP contribution is 2.23. The smallest absolute Gasteiger partial charge is 0.341 e. The van der Waals surface area contributed by atoms with Crippen LogP contribution in [-0.4, -0.2) is 26.1 Å². The quantitative estimate of drug-likeness (QED) is 0.812. The number of benzene rings is 1. The molecule has 18 heavy (non-hydrogen) atoms. The molecule has 6 heteroatoms. The van der Waals surface area contributed by atoms with Gasteiger partial charge >= 0.3 is 5.97 Å². The van der Waals surface area contributed by atoms with E-state index in [0.29, 0.717) is 5.69 Å². The van der Waals surface area contributed by atoms with Crippen LogP contribution in [0.3, 0.4) is 0 Å². The molecule has 1 amide bonds. The van der Waals surface area contributed by atoms with Gasteiger partial charge in [-0.25, -0.2) is 4.79 Å². The zero-order valence-electron chi connectivity index (χ0n) is 10.0. The van der Waals surface area contributed by atoms with Crippen molar-refractivity contribution in [1.29, 1.82) is 5.26 Å². The van der Waals surface area contributed by atoms with Crippen molar-refractivity contribution < 1.29 is 19.1 Å². The number of carbonyl (C=O) groups excluding carboxylic acids is 2. The topological polar surface area (TPSA) is 88.4 Å². The summed E-state index contributed by atoms with van der Waals surface area (Å²) >= 11 is 0. The standard InChI is InChI=1S/C12H12N2O4/c1-17-10-7-8(14-11(15)5-6-13)3-4-9(10)12(16)18-2/h3-4,7H,5H2,1-2H3,(H,14,15). The van der Waals surface area contributed by atoms with E-state index >= 15 is 0 Å². The van der Waals surface area contributed by atoms with Crippen molar-refractivity contribution in [2.75, 3.05) is 19.5 Å². The van der Waals surface area contributed by atoms with Crippen LogP contribution in [0.2, 0.25) is 0 Å². The summed E-state index contributed by atoms with van der Waals surface area (Å²) in [5, 5.41) is 10.9. The Balaban J connectivity index is 2.96. The molecule has 0 aliphatic heterocycles. The minimum atomic E-state index is -0.526. The van der Waals surface area contributed by atoms with Gasteiger partial charge in [0.25, 0.3) is 0 Å². The second-order valence-electron chi connectivity index (χ2n) is 3.29. The van der Waals surface area contributed by atoms with Gasteiger partial charge in [-0.2, -0.15) is 5.26 Å². The lowest BCUT2D eigenvalue weighted by atomic mass is 10.2. The zero-order valence-corrected chi connectivity index (χ0v) is 10.0. The van der Waals surface area contributed by atoms with Crippen LogP contribution in [0, 0.1) is 11.3 Å². The van der Waals surface area contributed by atoms with Crippen LogP contribution in [0.25, 0.3) is 0 Å². The van der Waals surface area contributed by atoms with Crippen LogP contribution in [0.15, 0.2) is 18.2 Å². The first-order chi connectivity index (χ1) is 8.62. The monoisotopic (exact) mass is 248 g/mol. The summed E-state index contributed by atoms with van der Waals surface area (Å²) in [5.74, 6) is -0.663. The van der Waals surface area contributed by atoms with Gasteiger partial charge in [-0.1, -0.05) is 0 Å². The third-order valence-electron chi connectivity index (χ3n) is 2.13. The number of nitrogens with zero attached hydrogens (tertiary/aromatic N) is 1. The van der Waals surface area contributed by atoms with Gasteiger partial charge in [0.2, 0.25) is 5.91 Å². The molecule has 1 aromatic carbocycles. The fourth-order valence-electron chi connectivity index (χ4n) is 1.32. The Hall–Kier alpha value is -2.55. The molecule has 6 nitrogen and oxygen atoms in total. The van der Waals surface area contributed by atoms with Crippen molar-refractivity contribution >= 4 is 17.6 Å². The van der Waals surface area contributed by atoms with E-state index in [2.05, 4.69) is 10.1 Å². The fraction of sp³-hybridized carbons (Fsp3) is 0.250. The van der Waals surface area contributed by atoms with Crippen LogP contribution < -0.4 is 10.1 Å². The summed E-state index contributed by atoms with van der Waals surface area (Å²) < 4.78 is 9.62. The summed E-state index contributed by atoms with van der Waals surface area (Å²) in [6, 6.07) is 6.24. The number of hydrogen-bond donors (Lipinski definition) is 1. The Morgan fingerprint density at radius 2 is 2.11 bits per heavy atom. The molecule has 0 atom stereocenters. The maximum atomic E-state index is 11.4. The van der Waals surface area contributed by atoms with Crippen molar-refractivity contribution in [2.24, 2.45) is 0 Å². The van der Waals surface area contributed by atoms with Crippen LogP contribution in [-0.2, 0) is 9.53 Å². The number of anilines is 1. The van der Waals surface area contributed by atoms with Crippen LogP contribution >= 0.6 is 0 Å². The molecule has 0 aliphatic rings. The Labute approximate surface area is 104 Å². The first kappa shape index (κ1) is 13.5. The van der Waals surface area contributed by atoms with Gasteiger partial charge in [0, 0.05) is 11.8 Å². The molecule has 1 aromatic rings. The minimum Gasteiger partial charge on any atom is -0.496 e. The highest BCUT2D eigenvalue weighted by Gasteiger charge is 2.13.